The first-order valence-electron chi connectivity index (χ1n) is 11.8. The Morgan fingerprint density at radius 3 is 2.26 bits per heavy atom. The molecule has 3 amide bonds. The molecule has 184 valence electrons. The van der Waals surface area contributed by atoms with Crippen LogP contribution in [0.15, 0.2) is 71.3 Å². The molecule has 0 bridgehead atoms. The third-order valence-electron chi connectivity index (χ3n) is 5.27. The van der Waals surface area contributed by atoms with Gasteiger partial charge in [-0.3, -0.25) is 14.4 Å². The number of rotatable bonds is 12. The second-order valence-corrected chi connectivity index (χ2v) is 8.11. The van der Waals surface area contributed by atoms with Crippen molar-refractivity contribution in [1.29, 1.82) is 0 Å². The molecule has 0 atom stereocenters. The van der Waals surface area contributed by atoms with Crippen LogP contribution in [0.5, 0.6) is 0 Å². The van der Waals surface area contributed by atoms with Crippen LogP contribution in [-0.4, -0.2) is 42.3 Å². The number of furan rings is 1. The summed E-state index contributed by atoms with van der Waals surface area (Å²) in [6, 6.07) is 17.4. The minimum absolute atomic E-state index is 0.00122. The van der Waals surface area contributed by atoms with Gasteiger partial charge < -0.3 is 25.3 Å². The SMILES string of the molecule is CCCN(CCC)C(=O)c1ccc(NC(=O)CNc2cccc(C(=O)NCc3ccco3)c2)cc1. The number of nitrogens with one attached hydrogen (secondary N) is 3. The zero-order valence-electron chi connectivity index (χ0n) is 20.2. The quantitative estimate of drug-likeness (QED) is 0.357. The van der Waals surface area contributed by atoms with Crippen LogP contribution in [0.2, 0.25) is 0 Å². The van der Waals surface area contributed by atoms with E-state index in [1.807, 2.05) is 4.90 Å². The van der Waals surface area contributed by atoms with Gasteiger partial charge in [-0.05, 0) is 67.4 Å². The van der Waals surface area contributed by atoms with Crippen LogP contribution in [0.1, 0.15) is 53.2 Å². The molecule has 0 unspecified atom stereocenters. The highest BCUT2D eigenvalue weighted by Crippen LogP contribution is 2.14. The number of amides is 3. The summed E-state index contributed by atoms with van der Waals surface area (Å²) in [5, 5.41) is 8.64. The van der Waals surface area contributed by atoms with Gasteiger partial charge in [-0.15, -0.1) is 0 Å². The van der Waals surface area contributed by atoms with Gasteiger partial charge in [0.05, 0.1) is 19.4 Å². The minimum Gasteiger partial charge on any atom is -0.467 e. The van der Waals surface area contributed by atoms with Crippen LogP contribution in [-0.2, 0) is 11.3 Å². The summed E-state index contributed by atoms with van der Waals surface area (Å²) < 4.78 is 5.22. The monoisotopic (exact) mass is 476 g/mol. The van der Waals surface area contributed by atoms with Gasteiger partial charge in [-0.1, -0.05) is 19.9 Å². The van der Waals surface area contributed by atoms with E-state index >= 15 is 0 Å². The molecule has 1 heterocycles. The molecule has 3 aromatic rings. The van der Waals surface area contributed by atoms with Crippen LogP contribution < -0.4 is 16.0 Å². The summed E-state index contributed by atoms with van der Waals surface area (Å²) in [5.74, 6) is 0.193. The third kappa shape index (κ3) is 7.74. The molecule has 0 saturated carbocycles. The predicted molar refractivity (Wildman–Crippen MR) is 136 cm³/mol. The maximum atomic E-state index is 12.7. The fourth-order valence-electron chi connectivity index (χ4n) is 3.57. The van der Waals surface area contributed by atoms with E-state index in [0.717, 1.165) is 25.9 Å². The minimum atomic E-state index is -0.240. The number of benzene rings is 2. The second-order valence-electron chi connectivity index (χ2n) is 8.11. The van der Waals surface area contributed by atoms with Crippen LogP contribution in [0.4, 0.5) is 11.4 Å². The molecule has 0 saturated heterocycles. The van der Waals surface area contributed by atoms with Gasteiger partial charge in [0.25, 0.3) is 11.8 Å². The molecule has 0 aliphatic carbocycles. The van der Waals surface area contributed by atoms with E-state index in [4.69, 9.17) is 4.42 Å². The van der Waals surface area contributed by atoms with Crippen molar-refractivity contribution in [3.05, 3.63) is 83.8 Å². The Bertz CT molecular complexity index is 1100. The lowest BCUT2D eigenvalue weighted by molar-refractivity contribution is -0.114. The van der Waals surface area contributed by atoms with Crippen LogP contribution in [0.3, 0.4) is 0 Å². The molecule has 1 aromatic heterocycles. The third-order valence-corrected chi connectivity index (χ3v) is 5.27. The lowest BCUT2D eigenvalue weighted by Crippen LogP contribution is -2.32. The molecule has 3 rings (SSSR count). The Balaban J connectivity index is 1.49. The fraction of sp³-hybridized carbons (Fsp3) is 0.296. The van der Waals surface area contributed by atoms with Crippen LogP contribution in [0.25, 0.3) is 0 Å². The molecule has 0 aliphatic heterocycles. The van der Waals surface area contributed by atoms with Crippen LogP contribution in [0, 0.1) is 0 Å². The van der Waals surface area contributed by atoms with Crippen molar-refractivity contribution in [2.75, 3.05) is 30.3 Å². The summed E-state index contributed by atoms with van der Waals surface area (Å²) in [5.41, 5.74) is 2.34. The van der Waals surface area contributed by atoms with E-state index in [-0.39, 0.29) is 24.3 Å². The molecule has 0 radical (unpaired) electrons. The zero-order chi connectivity index (χ0) is 25.0. The lowest BCUT2D eigenvalue weighted by Gasteiger charge is -2.21. The van der Waals surface area contributed by atoms with E-state index < -0.39 is 0 Å². The number of nitrogens with zero attached hydrogens (tertiary/aromatic N) is 1. The maximum Gasteiger partial charge on any atom is 0.253 e. The van der Waals surface area contributed by atoms with Crippen molar-refractivity contribution >= 4 is 29.1 Å². The standard InChI is InChI=1S/C27H32N4O4/c1-3-14-31(15-4-2)27(34)20-10-12-22(13-11-20)30-25(32)19-28-23-8-5-7-21(17-23)26(33)29-18-24-9-6-16-35-24/h5-13,16-17,28H,3-4,14-15,18-19H2,1-2H3,(H,29,33)(H,30,32). The Morgan fingerprint density at radius 2 is 1.60 bits per heavy atom. The number of anilines is 2. The first-order valence-corrected chi connectivity index (χ1v) is 11.8. The van der Waals surface area contributed by atoms with E-state index in [1.165, 1.54) is 0 Å². The first-order chi connectivity index (χ1) is 17.0. The van der Waals surface area contributed by atoms with Gasteiger partial charge >= 0.3 is 0 Å². The smallest absolute Gasteiger partial charge is 0.253 e. The van der Waals surface area contributed by atoms with Crippen molar-refractivity contribution in [2.45, 2.75) is 33.2 Å². The summed E-state index contributed by atoms with van der Waals surface area (Å²) in [7, 11) is 0. The largest absolute Gasteiger partial charge is 0.467 e. The van der Waals surface area contributed by atoms with Crippen molar-refractivity contribution in [2.24, 2.45) is 0 Å². The topological polar surface area (TPSA) is 104 Å². The van der Waals surface area contributed by atoms with E-state index in [0.29, 0.717) is 34.8 Å². The second kappa shape index (κ2) is 13.0. The molecule has 0 aliphatic rings. The number of carbonyl (C=O) groups excluding carboxylic acids is 3. The van der Waals surface area contributed by atoms with Gasteiger partial charge in [0.15, 0.2) is 0 Å². The Labute approximate surface area is 205 Å². The average molecular weight is 477 g/mol. The highest BCUT2D eigenvalue weighted by molar-refractivity contribution is 5.97. The summed E-state index contributed by atoms with van der Waals surface area (Å²) in [4.78, 5) is 39.3. The Morgan fingerprint density at radius 1 is 0.857 bits per heavy atom. The molecule has 35 heavy (non-hydrogen) atoms. The highest BCUT2D eigenvalue weighted by atomic mass is 16.3. The molecule has 8 heteroatoms. The maximum absolute atomic E-state index is 12.7. The van der Waals surface area contributed by atoms with Gasteiger partial charge in [-0.25, -0.2) is 0 Å². The fourth-order valence-corrected chi connectivity index (χ4v) is 3.57. The number of hydrogen-bond acceptors (Lipinski definition) is 5. The Hall–Kier alpha value is -4.07. The van der Waals surface area contributed by atoms with Gasteiger partial charge in [0.2, 0.25) is 5.91 Å². The number of hydrogen-bond donors (Lipinski definition) is 3. The Kier molecular flexibility index (Phi) is 9.48. The van der Waals surface area contributed by atoms with E-state index in [9.17, 15) is 14.4 Å². The van der Waals surface area contributed by atoms with Gasteiger partial charge in [-0.2, -0.15) is 0 Å². The normalized spacial score (nSPS) is 10.5. The van der Waals surface area contributed by atoms with Gasteiger partial charge in [0, 0.05) is 35.6 Å². The van der Waals surface area contributed by atoms with Crippen molar-refractivity contribution in [1.82, 2.24) is 10.2 Å². The summed E-state index contributed by atoms with van der Waals surface area (Å²) in [6.07, 6.45) is 3.37. The molecule has 0 fully saturated rings. The highest BCUT2D eigenvalue weighted by Gasteiger charge is 2.14. The molecule has 0 spiro atoms. The molecular weight excluding hydrogens is 444 g/mol. The molecule has 8 nitrogen and oxygen atoms in total. The zero-order valence-corrected chi connectivity index (χ0v) is 20.2. The lowest BCUT2D eigenvalue weighted by atomic mass is 10.1. The first kappa shape index (κ1) is 25.6. The predicted octanol–water partition coefficient (Wildman–Crippen LogP) is 4.52. The molecule has 3 N–H and O–H groups in total. The molecule has 2 aromatic carbocycles. The number of carbonyl (C=O) groups is 3. The van der Waals surface area contributed by atoms with Crippen molar-refractivity contribution < 1.29 is 18.8 Å². The van der Waals surface area contributed by atoms with Gasteiger partial charge in [0.1, 0.15) is 5.76 Å². The van der Waals surface area contributed by atoms with Crippen molar-refractivity contribution in [3.8, 4) is 0 Å². The summed E-state index contributed by atoms with van der Waals surface area (Å²) >= 11 is 0. The van der Waals surface area contributed by atoms with Crippen LogP contribution >= 0.6 is 0 Å². The molecular formula is C27H32N4O4. The van der Waals surface area contributed by atoms with E-state index in [2.05, 4.69) is 29.8 Å². The summed E-state index contributed by atoms with van der Waals surface area (Å²) in [6.45, 7) is 5.88. The average Bonchev–Trinajstić information content (AvgIpc) is 3.40. The van der Waals surface area contributed by atoms with Crippen molar-refractivity contribution in [3.63, 3.8) is 0 Å². The van der Waals surface area contributed by atoms with E-state index in [1.54, 1.807) is 66.9 Å².